The normalized spacial score (nSPS) is 9.72. The summed E-state index contributed by atoms with van der Waals surface area (Å²) in [5, 5.41) is 5.33. The summed E-state index contributed by atoms with van der Waals surface area (Å²) in [7, 11) is 1.59. The van der Waals surface area contributed by atoms with Gasteiger partial charge in [-0.3, -0.25) is 9.59 Å². The van der Waals surface area contributed by atoms with Crippen molar-refractivity contribution >= 4 is 11.8 Å². The SMILES string of the molecule is COc1ccc(C(=O)NCCNC(C)=O)cc1C. The predicted molar refractivity (Wildman–Crippen MR) is 68.7 cm³/mol. The minimum absolute atomic E-state index is 0.107. The maximum atomic E-state index is 11.8. The number of hydrogen-bond donors (Lipinski definition) is 2. The highest BCUT2D eigenvalue weighted by Gasteiger charge is 2.07. The van der Waals surface area contributed by atoms with E-state index in [9.17, 15) is 9.59 Å². The van der Waals surface area contributed by atoms with Gasteiger partial charge in [-0.1, -0.05) is 0 Å². The molecule has 0 aliphatic heterocycles. The second kappa shape index (κ2) is 6.64. The molecule has 0 radical (unpaired) electrons. The van der Waals surface area contributed by atoms with E-state index < -0.39 is 0 Å². The summed E-state index contributed by atoms with van der Waals surface area (Å²) in [4.78, 5) is 22.4. The summed E-state index contributed by atoms with van der Waals surface area (Å²) in [6.07, 6.45) is 0. The van der Waals surface area contributed by atoms with E-state index in [1.807, 2.05) is 6.92 Å². The van der Waals surface area contributed by atoms with Gasteiger partial charge in [0, 0.05) is 25.6 Å². The van der Waals surface area contributed by atoms with Crippen LogP contribution in [0.2, 0.25) is 0 Å². The Kier molecular flexibility index (Phi) is 5.17. The summed E-state index contributed by atoms with van der Waals surface area (Å²) in [5.74, 6) is 0.487. The van der Waals surface area contributed by atoms with Gasteiger partial charge in [-0.05, 0) is 30.7 Å². The Balaban J connectivity index is 2.51. The van der Waals surface area contributed by atoms with Crippen LogP contribution in [-0.2, 0) is 4.79 Å². The molecule has 1 aromatic rings. The number of aryl methyl sites for hydroxylation is 1. The molecule has 0 fully saturated rings. The van der Waals surface area contributed by atoms with Crippen LogP contribution in [0.1, 0.15) is 22.8 Å². The van der Waals surface area contributed by atoms with Crippen molar-refractivity contribution in [2.75, 3.05) is 20.2 Å². The van der Waals surface area contributed by atoms with Crippen molar-refractivity contribution in [2.24, 2.45) is 0 Å². The lowest BCUT2D eigenvalue weighted by Crippen LogP contribution is -2.33. The fraction of sp³-hybridized carbons (Fsp3) is 0.385. The summed E-state index contributed by atoms with van der Waals surface area (Å²) in [5.41, 5.74) is 1.49. The van der Waals surface area contributed by atoms with Gasteiger partial charge < -0.3 is 15.4 Å². The largest absolute Gasteiger partial charge is 0.496 e. The number of rotatable bonds is 5. The maximum Gasteiger partial charge on any atom is 0.251 e. The summed E-state index contributed by atoms with van der Waals surface area (Å²) < 4.78 is 5.13. The molecule has 0 heterocycles. The van der Waals surface area contributed by atoms with Gasteiger partial charge in [-0.2, -0.15) is 0 Å². The summed E-state index contributed by atoms with van der Waals surface area (Å²) >= 11 is 0. The Morgan fingerprint density at radius 3 is 2.44 bits per heavy atom. The first-order chi connectivity index (χ1) is 8.54. The van der Waals surface area contributed by atoms with Crippen molar-refractivity contribution in [1.29, 1.82) is 0 Å². The van der Waals surface area contributed by atoms with Crippen LogP contribution >= 0.6 is 0 Å². The van der Waals surface area contributed by atoms with E-state index in [1.165, 1.54) is 6.92 Å². The van der Waals surface area contributed by atoms with Crippen molar-refractivity contribution in [3.8, 4) is 5.75 Å². The number of methoxy groups -OCH3 is 1. The lowest BCUT2D eigenvalue weighted by Gasteiger charge is -2.08. The third kappa shape index (κ3) is 4.08. The van der Waals surface area contributed by atoms with Gasteiger partial charge >= 0.3 is 0 Å². The van der Waals surface area contributed by atoms with Gasteiger partial charge in [0.05, 0.1) is 7.11 Å². The van der Waals surface area contributed by atoms with Crippen LogP contribution in [0.15, 0.2) is 18.2 Å². The molecule has 18 heavy (non-hydrogen) atoms. The third-order valence-electron chi connectivity index (χ3n) is 2.44. The number of carbonyl (C=O) groups is 2. The van der Waals surface area contributed by atoms with Gasteiger partial charge in [-0.15, -0.1) is 0 Å². The van der Waals surface area contributed by atoms with Gasteiger partial charge in [0.15, 0.2) is 0 Å². The summed E-state index contributed by atoms with van der Waals surface area (Å²) in [6, 6.07) is 5.24. The third-order valence-corrected chi connectivity index (χ3v) is 2.44. The van der Waals surface area contributed by atoms with Crippen molar-refractivity contribution in [3.05, 3.63) is 29.3 Å². The highest BCUT2D eigenvalue weighted by atomic mass is 16.5. The van der Waals surface area contributed by atoms with Crippen LogP contribution in [0.4, 0.5) is 0 Å². The molecule has 0 aliphatic rings. The van der Waals surface area contributed by atoms with Crippen LogP contribution < -0.4 is 15.4 Å². The zero-order valence-corrected chi connectivity index (χ0v) is 10.9. The monoisotopic (exact) mass is 250 g/mol. The predicted octanol–water partition coefficient (Wildman–Crippen LogP) is 0.870. The van der Waals surface area contributed by atoms with Crippen LogP contribution in [-0.4, -0.2) is 32.0 Å². The second-order valence-electron chi connectivity index (χ2n) is 3.92. The molecule has 5 heteroatoms. The number of ether oxygens (including phenoxy) is 1. The molecule has 5 nitrogen and oxygen atoms in total. The number of carbonyl (C=O) groups excluding carboxylic acids is 2. The van der Waals surface area contributed by atoms with Crippen LogP contribution in [0.25, 0.3) is 0 Å². The molecule has 0 saturated carbocycles. The molecule has 98 valence electrons. The van der Waals surface area contributed by atoms with E-state index in [0.717, 1.165) is 11.3 Å². The van der Waals surface area contributed by atoms with Crippen LogP contribution in [0.3, 0.4) is 0 Å². The average molecular weight is 250 g/mol. The second-order valence-corrected chi connectivity index (χ2v) is 3.92. The smallest absolute Gasteiger partial charge is 0.251 e. The molecule has 0 bridgehead atoms. The lowest BCUT2D eigenvalue weighted by molar-refractivity contribution is -0.118. The Bertz CT molecular complexity index is 444. The van der Waals surface area contributed by atoms with Crippen molar-refractivity contribution < 1.29 is 14.3 Å². The van der Waals surface area contributed by atoms with Crippen LogP contribution in [0, 0.1) is 6.92 Å². The van der Waals surface area contributed by atoms with Crippen molar-refractivity contribution in [3.63, 3.8) is 0 Å². The molecule has 1 rings (SSSR count). The van der Waals surface area contributed by atoms with E-state index >= 15 is 0 Å². The van der Waals surface area contributed by atoms with E-state index in [1.54, 1.807) is 25.3 Å². The molecule has 0 atom stereocenters. The van der Waals surface area contributed by atoms with Gasteiger partial charge in [0.1, 0.15) is 5.75 Å². The molecule has 0 aromatic heterocycles. The maximum absolute atomic E-state index is 11.8. The minimum Gasteiger partial charge on any atom is -0.496 e. The average Bonchev–Trinajstić information content (AvgIpc) is 2.34. The standard InChI is InChI=1S/C13H18N2O3/c1-9-8-11(4-5-12(9)18-3)13(17)15-7-6-14-10(2)16/h4-5,8H,6-7H2,1-3H3,(H,14,16)(H,15,17). The molecule has 1 aromatic carbocycles. The zero-order valence-electron chi connectivity index (χ0n) is 10.9. The van der Waals surface area contributed by atoms with Crippen molar-refractivity contribution in [1.82, 2.24) is 10.6 Å². The first kappa shape index (κ1) is 14.0. The van der Waals surface area contributed by atoms with Gasteiger partial charge in [0.2, 0.25) is 5.91 Å². The number of benzene rings is 1. The molecule has 0 unspecified atom stereocenters. The van der Waals surface area contributed by atoms with E-state index in [2.05, 4.69) is 10.6 Å². The Hall–Kier alpha value is -2.04. The van der Waals surface area contributed by atoms with E-state index in [4.69, 9.17) is 4.74 Å². The Labute approximate surface area is 107 Å². The Morgan fingerprint density at radius 1 is 1.22 bits per heavy atom. The first-order valence-electron chi connectivity index (χ1n) is 5.72. The zero-order chi connectivity index (χ0) is 13.5. The molecule has 0 spiro atoms. The molecular weight excluding hydrogens is 232 g/mol. The molecule has 0 saturated heterocycles. The van der Waals surface area contributed by atoms with Crippen molar-refractivity contribution in [2.45, 2.75) is 13.8 Å². The Morgan fingerprint density at radius 2 is 1.89 bits per heavy atom. The molecular formula is C13H18N2O3. The van der Waals surface area contributed by atoms with E-state index in [-0.39, 0.29) is 11.8 Å². The first-order valence-corrected chi connectivity index (χ1v) is 5.72. The fourth-order valence-electron chi connectivity index (χ4n) is 1.54. The van der Waals surface area contributed by atoms with E-state index in [0.29, 0.717) is 18.7 Å². The number of nitrogens with one attached hydrogen (secondary N) is 2. The topological polar surface area (TPSA) is 67.4 Å². The van der Waals surface area contributed by atoms with Gasteiger partial charge in [-0.25, -0.2) is 0 Å². The molecule has 2 amide bonds. The fourth-order valence-corrected chi connectivity index (χ4v) is 1.54. The quantitative estimate of drug-likeness (QED) is 0.762. The molecule has 0 aliphatic carbocycles. The lowest BCUT2D eigenvalue weighted by atomic mass is 10.1. The van der Waals surface area contributed by atoms with Gasteiger partial charge in [0.25, 0.3) is 5.91 Å². The molecule has 2 N–H and O–H groups in total. The van der Waals surface area contributed by atoms with Crippen LogP contribution in [0.5, 0.6) is 5.75 Å². The highest BCUT2D eigenvalue weighted by molar-refractivity contribution is 5.94. The number of amides is 2. The minimum atomic E-state index is -0.161. The number of hydrogen-bond acceptors (Lipinski definition) is 3. The highest BCUT2D eigenvalue weighted by Crippen LogP contribution is 2.18. The summed E-state index contributed by atoms with van der Waals surface area (Å²) in [6.45, 7) is 4.15.